The van der Waals surface area contributed by atoms with Crippen LogP contribution >= 0.6 is 11.6 Å². The fourth-order valence-corrected chi connectivity index (χ4v) is 3.00. The summed E-state index contributed by atoms with van der Waals surface area (Å²) in [6.45, 7) is 3.75. The Labute approximate surface area is 138 Å². The van der Waals surface area contributed by atoms with E-state index in [2.05, 4.69) is 26.8 Å². The van der Waals surface area contributed by atoms with Gasteiger partial charge in [-0.25, -0.2) is 14.4 Å². The summed E-state index contributed by atoms with van der Waals surface area (Å²) in [5.74, 6) is 0.340. The zero-order valence-electron chi connectivity index (χ0n) is 12.9. The van der Waals surface area contributed by atoms with E-state index >= 15 is 0 Å². The number of aryl methyl sites for hydroxylation is 1. The fraction of sp³-hybridized carbons (Fsp3) is 0.438. The first kappa shape index (κ1) is 16.1. The van der Waals surface area contributed by atoms with Gasteiger partial charge in [0, 0.05) is 38.0 Å². The van der Waals surface area contributed by atoms with Crippen LogP contribution in [-0.2, 0) is 25.9 Å². The Balaban J connectivity index is 1.80. The molecule has 0 spiro atoms. The third-order valence-electron chi connectivity index (χ3n) is 3.96. The number of hydrogen-bond donors (Lipinski definition) is 1. The summed E-state index contributed by atoms with van der Waals surface area (Å²) < 4.78 is 13.3. The number of nitrogens with one attached hydrogen (secondary N) is 1. The van der Waals surface area contributed by atoms with Crippen LogP contribution in [0.1, 0.15) is 36.0 Å². The Hall–Kier alpha value is -1.79. The molecule has 0 atom stereocenters. The molecule has 0 fully saturated rings. The third-order valence-corrected chi connectivity index (χ3v) is 4.30. The number of pyridine rings is 1. The second-order valence-electron chi connectivity index (χ2n) is 5.75. The van der Waals surface area contributed by atoms with Crippen LogP contribution in [0.3, 0.4) is 0 Å². The van der Waals surface area contributed by atoms with Gasteiger partial charge in [0.05, 0.1) is 17.5 Å². The molecule has 7 heteroatoms. The van der Waals surface area contributed by atoms with Crippen LogP contribution in [-0.4, -0.2) is 26.4 Å². The Bertz CT molecular complexity index is 777. The molecule has 3 heterocycles. The molecule has 1 aliphatic rings. The van der Waals surface area contributed by atoms with E-state index < -0.39 is 5.82 Å². The van der Waals surface area contributed by atoms with Crippen LogP contribution in [0.25, 0.3) is 0 Å². The lowest BCUT2D eigenvalue weighted by atomic mass is 10.1. The average molecular weight is 337 g/mol. The minimum absolute atomic E-state index is 0.0772. The Morgan fingerprint density at radius 2 is 2.30 bits per heavy atom. The van der Waals surface area contributed by atoms with Crippen molar-refractivity contribution in [1.29, 1.82) is 0 Å². The SMILES string of the molecule is CCCc1nc2c(c(=O)[nH]1)CN(Cc1cc(F)cnc1Cl)CC2. The van der Waals surface area contributed by atoms with Crippen molar-refractivity contribution in [2.24, 2.45) is 0 Å². The van der Waals surface area contributed by atoms with Gasteiger partial charge in [-0.2, -0.15) is 0 Å². The van der Waals surface area contributed by atoms with Crippen LogP contribution in [0.5, 0.6) is 0 Å². The van der Waals surface area contributed by atoms with E-state index in [4.69, 9.17) is 11.6 Å². The lowest BCUT2D eigenvalue weighted by Gasteiger charge is -2.27. The molecular weight excluding hydrogens is 319 g/mol. The second kappa shape index (κ2) is 6.76. The second-order valence-corrected chi connectivity index (χ2v) is 6.11. The maximum absolute atomic E-state index is 13.3. The molecule has 0 unspecified atom stereocenters. The highest BCUT2D eigenvalue weighted by Crippen LogP contribution is 2.20. The molecule has 0 saturated heterocycles. The highest BCUT2D eigenvalue weighted by Gasteiger charge is 2.22. The van der Waals surface area contributed by atoms with Gasteiger partial charge < -0.3 is 4.98 Å². The van der Waals surface area contributed by atoms with Crippen molar-refractivity contribution < 1.29 is 4.39 Å². The van der Waals surface area contributed by atoms with Crippen molar-refractivity contribution in [3.8, 4) is 0 Å². The molecule has 0 radical (unpaired) electrons. The molecule has 0 saturated carbocycles. The smallest absolute Gasteiger partial charge is 0.255 e. The number of hydrogen-bond acceptors (Lipinski definition) is 4. The Morgan fingerprint density at radius 3 is 3.09 bits per heavy atom. The molecule has 3 rings (SSSR count). The van der Waals surface area contributed by atoms with E-state index in [0.717, 1.165) is 37.1 Å². The molecule has 0 bridgehead atoms. The molecule has 1 aliphatic heterocycles. The molecule has 0 aliphatic carbocycles. The first-order valence-corrected chi connectivity index (χ1v) is 8.08. The average Bonchev–Trinajstić information content (AvgIpc) is 2.52. The summed E-state index contributed by atoms with van der Waals surface area (Å²) in [6, 6.07) is 1.39. The number of H-pyrrole nitrogens is 1. The predicted octanol–water partition coefficient (Wildman–Crippen LogP) is 2.47. The monoisotopic (exact) mass is 336 g/mol. The topological polar surface area (TPSA) is 61.9 Å². The van der Waals surface area contributed by atoms with Gasteiger partial charge in [0.2, 0.25) is 0 Å². The number of aromatic nitrogens is 3. The van der Waals surface area contributed by atoms with Gasteiger partial charge in [-0.05, 0) is 12.5 Å². The summed E-state index contributed by atoms with van der Waals surface area (Å²) in [5.41, 5.74) is 2.11. The molecule has 2 aromatic heterocycles. The molecule has 1 N–H and O–H groups in total. The minimum Gasteiger partial charge on any atom is -0.310 e. The van der Waals surface area contributed by atoms with E-state index in [1.54, 1.807) is 0 Å². The van der Waals surface area contributed by atoms with Gasteiger partial charge in [0.1, 0.15) is 16.8 Å². The maximum atomic E-state index is 13.3. The Kier molecular flexibility index (Phi) is 4.73. The van der Waals surface area contributed by atoms with E-state index in [-0.39, 0.29) is 5.56 Å². The van der Waals surface area contributed by atoms with Crippen molar-refractivity contribution in [2.45, 2.75) is 39.3 Å². The first-order valence-electron chi connectivity index (χ1n) is 7.70. The van der Waals surface area contributed by atoms with Crippen molar-refractivity contribution in [1.82, 2.24) is 19.9 Å². The lowest BCUT2D eigenvalue weighted by molar-refractivity contribution is 0.241. The van der Waals surface area contributed by atoms with Crippen molar-refractivity contribution in [2.75, 3.05) is 6.54 Å². The molecule has 0 amide bonds. The molecule has 5 nitrogen and oxygen atoms in total. The van der Waals surface area contributed by atoms with Crippen molar-refractivity contribution in [3.63, 3.8) is 0 Å². The summed E-state index contributed by atoms with van der Waals surface area (Å²) in [4.78, 5) is 25.5. The van der Waals surface area contributed by atoms with E-state index in [0.29, 0.717) is 35.8 Å². The van der Waals surface area contributed by atoms with Gasteiger partial charge >= 0.3 is 0 Å². The summed E-state index contributed by atoms with van der Waals surface area (Å²) in [5, 5.41) is 0.294. The highest BCUT2D eigenvalue weighted by atomic mass is 35.5. The first-order chi connectivity index (χ1) is 11.1. The van der Waals surface area contributed by atoms with Crippen LogP contribution in [0.2, 0.25) is 5.15 Å². The van der Waals surface area contributed by atoms with E-state index in [1.807, 2.05) is 0 Å². The lowest BCUT2D eigenvalue weighted by Crippen LogP contribution is -2.36. The van der Waals surface area contributed by atoms with E-state index in [1.165, 1.54) is 6.07 Å². The summed E-state index contributed by atoms with van der Waals surface area (Å²) in [7, 11) is 0. The highest BCUT2D eigenvalue weighted by molar-refractivity contribution is 6.30. The van der Waals surface area contributed by atoms with Crippen LogP contribution < -0.4 is 5.56 Å². The van der Waals surface area contributed by atoms with Gasteiger partial charge in [-0.3, -0.25) is 9.69 Å². The van der Waals surface area contributed by atoms with Gasteiger partial charge in [-0.1, -0.05) is 18.5 Å². The van der Waals surface area contributed by atoms with Gasteiger partial charge in [0.25, 0.3) is 5.56 Å². The predicted molar refractivity (Wildman–Crippen MR) is 85.9 cm³/mol. The molecule has 23 heavy (non-hydrogen) atoms. The van der Waals surface area contributed by atoms with Crippen molar-refractivity contribution in [3.05, 3.63) is 56.2 Å². The van der Waals surface area contributed by atoms with Crippen LogP contribution in [0.15, 0.2) is 17.1 Å². The fourth-order valence-electron chi connectivity index (χ4n) is 2.84. The van der Waals surface area contributed by atoms with Crippen LogP contribution in [0, 0.1) is 5.82 Å². The summed E-state index contributed by atoms with van der Waals surface area (Å²) >= 11 is 6.02. The normalized spacial score (nSPS) is 14.7. The zero-order chi connectivity index (χ0) is 16.4. The number of nitrogens with zero attached hydrogens (tertiary/aromatic N) is 3. The van der Waals surface area contributed by atoms with Gasteiger partial charge in [0.15, 0.2) is 0 Å². The Morgan fingerprint density at radius 1 is 1.48 bits per heavy atom. The van der Waals surface area contributed by atoms with Crippen LogP contribution in [0.4, 0.5) is 4.39 Å². The molecular formula is C16H18ClFN4O. The number of halogens is 2. The number of aromatic amines is 1. The standard InChI is InChI=1S/C16H18ClFN4O/c1-2-3-14-20-13-4-5-22(9-12(13)16(23)21-14)8-10-6-11(18)7-19-15(10)17/h6-7H,2-5,8-9H2,1H3,(H,20,21,23). The van der Waals surface area contributed by atoms with E-state index in [9.17, 15) is 9.18 Å². The largest absolute Gasteiger partial charge is 0.310 e. The summed E-state index contributed by atoms with van der Waals surface area (Å²) in [6.07, 6.45) is 3.52. The van der Waals surface area contributed by atoms with Crippen molar-refractivity contribution >= 4 is 11.6 Å². The quantitative estimate of drug-likeness (QED) is 0.871. The molecule has 2 aromatic rings. The number of fused-ring (bicyclic) bond motifs is 1. The van der Waals surface area contributed by atoms with Gasteiger partial charge in [-0.15, -0.1) is 0 Å². The zero-order valence-corrected chi connectivity index (χ0v) is 13.7. The number of rotatable bonds is 4. The maximum Gasteiger partial charge on any atom is 0.255 e. The third kappa shape index (κ3) is 3.59. The molecule has 0 aromatic carbocycles. The minimum atomic E-state index is -0.412. The molecule has 122 valence electrons.